The van der Waals surface area contributed by atoms with E-state index in [1.807, 2.05) is 12.3 Å². The van der Waals surface area contributed by atoms with Crippen LogP contribution in [0.3, 0.4) is 0 Å². The van der Waals surface area contributed by atoms with Crippen molar-refractivity contribution >= 4 is 11.6 Å². The first-order valence-corrected chi connectivity index (χ1v) is 4.44. The van der Waals surface area contributed by atoms with E-state index in [2.05, 4.69) is 0 Å². The van der Waals surface area contributed by atoms with Crippen molar-refractivity contribution in [2.45, 2.75) is 6.54 Å². The van der Waals surface area contributed by atoms with Gasteiger partial charge < -0.3 is 10.5 Å². The Morgan fingerprint density at radius 2 is 2.40 bits per heavy atom. The standard InChI is InChI=1S/C10H9N3O2/c11-4-7-1-2-9-8(3-7)13(6-12)10(14)5-15-9/h1-3H,4-5,11H2. The lowest BCUT2D eigenvalue weighted by Crippen LogP contribution is -2.35. The Labute approximate surface area is 86.7 Å². The third-order valence-electron chi connectivity index (χ3n) is 2.20. The Morgan fingerprint density at radius 1 is 1.60 bits per heavy atom. The van der Waals surface area contributed by atoms with Crippen LogP contribution in [0.25, 0.3) is 0 Å². The van der Waals surface area contributed by atoms with Crippen LogP contribution in [0.4, 0.5) is 5.69 Å². The monoisotopic (exact) mass is 203 g/mol. The summed E-state index contributed by atoms with van der Waals surface area (Å²) in [5.74, 6) is 0.174. The van der Waals surface area contributed by atoms with Gasteiger partial charge in [-0.05, 0) is 17.7 Å². The first-order chi connectivity index (χ1) is 7.26. The van der Waals surface area contributed by atoms with Crippen molar-refractivity contribution in [1.29, 1.82) is 5.26 Å². The van der Waals surface area contributed by atoms with Gasteiger partial charge in [-0.2, -0.15) is 5.26 Å². The minimum atomic E-state index is -0.362. The molecule has 1 aliphatic heterocycles. The van der Waals surface area contributed by atoms with Gasteiger partial charge in [0.1, 0.15) is 11.4 Å². The van der Waals surface area contributed by atoms with Crippen LogP contribution in [0.2, 0.25) is 0 Å². The SMILES string of the molecule is N#CN1C(=O)COc2ccc(CN)cc21. The van der Waals surface area contributed by atoms with Crippen molar-refractivity contribution < 1.29 is 9.53 Å². The minimum Gasteiger partial charge on any atom is -0.481 e. The Morgan fingerprint density at radius 3 is 3.07 bits per heavy atom. The topological polar surface area (TPSA) is 79.3 Å². The van der Waals surface area contributed by atoms with Crippen molar-refractivity contribution in [3.05, 3.63) is 23.8 Å². The second-order valence-corrected chi connectivity index (χ2v) is 3.12. The molecule has 0 unspecified atom stereocenters. The molecule has 76 valence electrons. The van der Waals surface area contributed by atoms with Gasteiger partial charge in [-0.15, -0.1) is 0 Å². The van der Waals surface area contributed by atoms with Gasteiger partial charge in [0.15, 0.2) is 12.8 Å². The smallest absolute Gasteiger partial charge is 0.278 e. The molecular weight excluding hydrogens is 194 g/mol. The third kappa shape index (κ3) is 1.51. The maximum absolute atomic E-state index is 11.3. The van der Waals surface area contributed by atoms with E-state index in [-0.39, 0.29) is 12.5 Å². The molecule has 0 fully saturated rings. The fourth-order valence-corrected chi connectivity index (χ4v) is 1.43. The second-order valence-electron chi connectivity index (χ2n) is 3.12. The summed E-state index contributed by atoms with van der Waals surface area (Å²) in [4.78, 5) is 12.4. The maximum Gasteiger partial charge on any atom is 0.278 e. The zero-order chi connectivity index (χ0) is 10.8. The molecule has 0 spiro atoms. The van der Waals surface area contributed by atoms with E-state index in [4.69, 9.17) is 15.7 Å². The summed E-state index contributed by atoms with van der Waals surface area (Å²) in [6.07, 6.45) is 1.82. The van der Waals surface area contributed by atoms with Crippen LogP contribution in [0.1, 0.15) is 5.56 Å². The molecule has 1 aromatic rings. The Kier molecular flexibility index (Phi) is 2.27. The minimum absolute atomic E-state index is 0.0947. The fourth-order valence-electron chi connectivity index (χ4n) is 1.43. The van der Waals surface area contributed by atoms with Gasteiger partial charge in [0.25, 0.3) is 5.91 Å². The molecule has 0 saturated carbocycles. The Hall–Kier alpha value is -2.06. The van der Waals surface area contributed by atoms with Gasteiger partial charge in [0, 0.05) is 6.54 Å². The second kappa shape index (κ2) is 3.59. The van der Waals surface area contributed by atoms with E-state index in [9.17, 15) is 4.79 Å². The molecule has 1 heterocycles. The highest BCUT2D eigenvalue weighted by atomic mass is 16.5. The zero-order valence-corrected chi connectivity index (χ0v) is 7.93. The number of nitrogens with two attached hydrogens (primary N) is 1. The molecular formula is C10H9N3O2. The van der Waals surface area contributed by atoms with Crippen molar-refractivity contribution in [2.24, 2.45) is 5.73 Å². The van der Waals surface area contributed by atoms with Crippen molar-refractivity contribution in [3.8, 4) is 11.9 Å². The summed E-state index contributed by atoms with van der Waals surface area (Å²) in [5, 5.41) is 8.84. The van der Waals surface area contributed by atoms with Crippen LogP contribution in [0.5, 0.6) is 5.75 Å². The molecule has 0 bridgehead atoms. The van der Waals surface area contributed by atoms with Crippen molar-refractivity contribution in [3.63, 3.8) is 0 Å². The van der Waals surface area contributed by atoms with Gasteiger partial charge in [0.2, 0.25) is 0 Å². The molecule has 0 radical (unpaired) electrons. The summed E-state index contributed by atoms with van der Waals surface area (Å²) in [7, 11) is 0. The highest BCUT2D eigenvalue weighted by Crippen LogP contribution is 2.32. The lowest BCUT2D eigenvalue weighted by molar-refractivity contribution is -0.120. The van der Waals surface area contributed by atoms with Gasteiger partial charge in [-0.25, -0.2) is 4.90 Å². The third-order valence-corrected chi connectivity index (χ3v) is 2.20. The number of anilines is 1. The quantitative estimate of drug-likeness (QED) is 0.668. The predicted octanol–water partition coefficient (Wildman–Crippen LogP) is 0.352. The first kappa shape index (κ1) is 9.49. The normalized spacial score (nSPS) is 14.1. The van der Waals surface area contributed by atoms with Crippen LogP contribution in [0, 0.1) is 11.5 Å². The van der Waals surface area contributed by atoms with Crippen LogP contribution in [-0.2, 0) is 11.3 Å². The molecule has 1 aliphatic rings. The van der Waals surface area contributed by atoms with Gasteiger partial charge >= 0.3 is 0 Å². The van der Waals surface area contributed by atoms with E-state index in [1.165, 1.54) is 0 Å². The number of rotatable bonds is 1. The first-order valence-electron chi connectivity index (χ1n) is 4.44. The number of nitrogens with zero attached hydrogens (tertiary/aromatic N) is 2. The van der Waals surface area contributed by atoms with Crippen molar-refractivity contribution in [1.82, 2.24) is 0 Å². The Balaban J connectivity index is 2.51. The van der Waals surface area contributed by atoms with E-state index >= 15 is 0 Å². The molecule has 0 aliphatic carbocycles. The number of ether oxygens (including phenoxy) is 1. The summed E-state index contributed by atoms with van der Waals surface area (Å²) in [5.41, 5.74) is 6.80. The molecule has 0 aromatic heterocycles. The van der Waals surface area contributed by atoms with Crippen molar-refractivity contribution in [2.75, 3.05) is 11.5 Å². The Bertz CT molecular complexity index is 450. The zero-order valence-electron chi connectivity index (χ0n) is 7.93. The van der Waals surface area contributed by atoms with E-state index in [0.717, 1.165) is 10.5 Å². The molecule has 1 amide bonds. The summed E-state index contributed by atoms with van der Waals surface area (Å²) in [6.45, 7) is 0.267. The number of amides is 1. The highest BCUT2D eigenvalue weighted by Gasteiger charge is 2.25. The molecule has 0 atom stereocenters. The summed E-state index contributed by atoms with van der Waals surface area (Å²) >= 11 is 0. The highest BCUT2D eigenvalue weighted by molar-refractivity contribution is 6.00. The van der Waals surface area contributed by atoms with Crippen LogP contribution in [-0.4, -0.2) is 12.5 Å². The average molecular weight is 203 g/mol. The molecule has 1 aromatic carbocycles. The largest absolute Gasteiger partial charge is 0.481 e. The molecule has 5 nitrogen and oxygen atoms in total. The number of nitriles is 1. The lowest BCUT2D eigenvalue weighted by Gasteiger charge is -2.23. The number of fused-ring (bicyclic) bond motifs is 1. The van der Waals surface area contributed by atoms with Gasteiger partial charge in [-0.3, -0.25) is 4.79 Å². The lowest BCUT2D eigenvalue weighted by atomic mass is 10.1. The van der Waals surface area contributed by atoms with Gasteiger partial charge in [0.05, 0.1) is 0 Å². The van der Waals surface area contributed by atoms with Crippen LogP contribution >= 0.6 is 0 Å². The number of carbonyl (C=O) groups is 1. The fraction of sp³-hybridized carbons (Fsp3) is 0.200. The van der Waals surface area contributed by atoms with Gasteiger partial charge in [-0.1, -0.05) is 6.07 Å². The predicted molar refractivity (Wildman–Crippen MR) is 52.9 cm³/mol. The van der Waals surface area contributed by atoms with Crippen LogP contribution in [0.15, 0.2) is 18.2 Å². The summed E-state index contributed by atoms with van der Waals surface area (Å²) < 4.78 is 5.18. The molecule has 0 saturated heterocycles. The maximum atomic E-state index is 11.3. The average Bonchev–Trinajstić information content (AvgIpc) is 2.28. The molecule has 5 heteroatoms. The molecule has 15 heavy (non-hydrogen) atoms. The van der Waals surface area contributed by atoms with Crippen LogP contribution < -0.4 is 15.4 Å². The van der Waals surface area contributed by atoms with E-state index in [0.29, 0.717) is 18.0 Å². The number of carbonyl (C=O) groups excluding carboxylic acids is 1. The number of hydrogen-bond acceptors (Lipinski definition) is 4. The number of hydrogen-bond donors (Lipinski definition) is 1. The summed E-state index contributed by atoms with van der Waals surface area (Å²) in [6, 6.07) is 5.22. The number of benzene rings is 1. The molecule has 2 rings (SSSR count). The molecule has 2 N–H and O–H groups in total. The van der Waals surface area contributed by atoms with E-state index < -0.39 is 0 Å². The van der Waals surface area contributed by atoms with E-state index in [1.54, 1.807) is 12.1 Å².